The number of amides is 1. The quantitative estimate of drug-likeness (QED) is 0.739. The predicted octanol–water partition coefficient (Wildman–Crippen LogP) is 3.48. The van der Waals surface area contributed by atoms with Crippen molar-refractivity contribution in [3.05, 3.63) is 0 Å². The summed E-state index contributed by atoms with van der Waals surface area (Å²) in [6, 6.07) is 0. The highest BCUT2D eigenvalue weighted by molar-refractivity contribution is 6.17. The third kappa shape index (κ3) is 5.20. The Kier molecular flexibility index (Phi) is 5.60. The van der Waals surface area contributed by atoms with Gasteiger partial charge in [0.15, 0.2) is 0 Å². The van der Waals surface area contributed by atoms with Gasteiger partial charge in [-0.25, -0.2) is 0 Å². The summed E-state index contributed by atoms with van der Waals surface area (Å²) < 4.78 is 0. The molecule has 0 saturated heterocycles. The minimum atomic E-state index is -0.159. The Morgan fingerprint density at radius 1 is 1.31 bits per heavy atom. The van der Waals surface area contributed by atoms with Crippen molar-refractivity contribution < 1.29 is 4.79 Å². The van der Waals surface area contributed by atoms with Crippen LogP contribution >= 0.6 is 11.6 Å². The van der Waals surface area contributed by atoms with Gasteiger partial charge < -0.3 is 5.32 Å². The van der Waals surface area contributed by atoms with Crippen LogP contribution in [0.4, 0.5) is 0 Å². The van der Waals surface area contributed by atoms with Crippen LogP contribution in [0.25, 0.3) is 0 Å². The molecule has 94 valence electrons. The number of hydrogen-bond acceptors (Lipinski definition) is 1. The van der Waals surface area contributed by atoms with E-state index in [0.29, 0.717) is 18.2 Å². The normalized spacial score (nSPS) is 18.4. The Hall–Kier alpha value is -0.240. The molecule has 1 N–H and O–H groups in total. The van der Waals surface area contributed by atoms with Gasteiger partial charge in [-0.05, 0) is 39.0 Å². The molecule has 0 aromatic heterocycles. The van der Waals surface area contributed by atoms with Gasteiger partial charge in [0.1, 0.15) is 0 Å². The fraction of sp³-hybridized carbons (Fsp3) is 0.923. The lowest BCUT2D eigenvalue weighted by atomic mass is 9.86. The van der Waals surface area contributed by atoms with Crippen molar-refractivity contribution in [1.82, 2.24) is 5.32 Å². The predicted molar refractivity (Wildman–Crippen MR) is 68.8 cm³/mol. The number of carbonyl (C=O) groups excluding carboxylic acids is 1. The Morgan fingerprint density at radius 2 is 1.94 bits per heavy atom. The zero-order valence-corrected chi connectivity index (χ0v) is 11.3. The fourth-order valence-electron chi connectivity index (χ4n) is 2.38. The first-order chi connectivity index (χ1) is 7.53. The average Bonchev–Trinajstić information content (AvgIpc) is 2.17. The van der Waals surface area contributed by atoms with Crippen molar-refractivity contribution in [2.24, 2.45) is 5.92 Å². The van der Waals surface area contributed by atoms with Gasteiger partial charge in [0, 0.05) is 17.8 Å². The molecule has 0 heterocycles. The second-order valence-corrected chi connectivity index (χ2v) is 5.96. The topological polar surface area (TPSA) is 29.1 Å². The zero-order valence-electron chi connectivity index (χ0n) is 10.5. The minimum Gasteiger partial charge on any atom is -0.351 e. The van der Waals surface area contributed by atoms with Gasteiger partial charge in [-0.3, -0.25) is 4.79 Å². The van der Waals surface area contributed by atoms with Crippen molar-refractivity contribution in [2.75, 3.05) is 5.88 Å². The largest absolute Gasteiger partial charge is 0.351 e. The molecule has 0 spiro atoms. The molecular formula is C13H24ClNO. The van der Waals surface area contributed by atoms with Crippen molar-refractivity contribution in [1.29, 1.82) is 0 Å². The number of alkyl halides is 1. The summed E-state index contributed by atoms with van der Waals surface area (Å²) >= 11 is 5.71. The van der Waals surface area contributed by atoms with E-state index in [1.807, 2.05) is 13.8 Å². The smallest absolute Gasteiger partial charge is 0.220 e. The monoisotopic (exact) mass is 245 g/mol. The summed E-state index contributed by atoms with van der Waals surface area (Å²) in [7, 11) is 0. The molecular weight excluding hydrogens is 222 g/mol. The van der Waals surface area contributed by atoms with Crippen LogP contribution in [0.15, 0.2) is 0 Å². The molecule has 0 bridgehead atoms. The molecule has 0 aliphatic heterocycles. The summed E-state index contributed by atoms with van der Waals surface area (Å²) in [6.45, 7) is 4.07. The van der Waals surface area contributed by atoms with E-state index in [4.69, 9.17) is 11.6 Å². The number of carbonyl (C=O) groups is 1. The van der Waals surface area contributed by atoms with Gasteiger partial charge in [0.2, 0.25) is 5.91 Å². The third-order valence-electron chi connectivity index (χ3n) is 3.40. The van der Waals surface area contributed by atoms with Crippen LogP contribution in [-0.2, 0) is 4.79 Å². The molecule has 16 heavy (non-hydrogen) atoms. The molecule has 1 aliphatic carbocycles. The van der Waals surface area contributed by atoms with E-state index in [2.05, 4.69) is 5.32 Å². The van der Waals surface area contributed by atoms with Crippen LogP contribution in [0.2, 0.25) is 0 Å². The van der Waals surface area contributed by atoms with Crippen molar-refractivity contribution in [3.63, 3.8) is 0 Å². The van der Waals surface area contributed by atoms with Crippen molar-refractivity contribution in [3.8, 4) is 0 Å². The molecule has 0 radical (unpaired) electrons. The maximum absolute atomic E-state index is 11.8. The van der Waals surface area contributed by atoms with Gasteiger partial charge in [-0.15, -0.1) is 11.6 Å². The van der Waals surface area contributed by atoms with Gasteiger partial charge in [0.25, 0.3) is 0 Å². The fourth-order valence-corrected chi connectivity index (χ4v) is 2.85. The maximum Gasteiger partial charge on any atom is 0.220 e. The molecule has 2 nitrogen and oxygen atoms in total. The molecule has 1 aliphatic rings. The lowest BCUT2D eigenvalue weighted by Gasteiger charge is -2.27. The van der Waals surface area contributed by atoms with Gasteiger partial charge >= 0.3 is 0 Å². The SMILES string of the molecule is CC(C)(CCCl)NC(=O)CC1CCCCC1. The number of hydrogen-bond donors (Lipinski definition) is 1. The van der Waals surface area contributed by atoms with Crippen LogP contribution in [0.3, 0.4) is 0 Å². The van der Waals surface area contributed by atoms with Crippen LogP contribution in [0, 0.1) is 5.92 Å². The molecule has 0 aromatic carbocycles. The summed E-state index contributed by atoms with van der Waals surface area (Å²) in [5.41, 5.74) is -0.159. The molecule has 1 saturated carbocycles. The van der Waals surface area contributed by atoms with Gasteiger partial charge in [-0.2, -0.15) is 0 Å². The first-order valence-corrected chi connectivity index (χ1v) is 6.94. The molecule has 1 amide bonds. The van der Waals surface area contributed by atoms with E-state index >= 15 is 0 Å². The highest BCUT2D eigenvalue weighted by Crippen LogP contribution is 2.26. The van der Waals surface area contributed by atoms with Crippen LogP contribution in [-0.4, -0.2) is 17.3 Å². The first kappa shape index (κ1) is 13.8. The maximum atomic E-state index is 11.8. The van der Waals surface area contributed by atoms with Crippen LogP contribution in [0.5, 0.6) is 0 Å². The number of nitrogens with one attached hydrogen (secondary N) is 1. The van der Waals surface area contributed by atoms with E-state index in [1.54, 1.807) is 0 Å². The second-order valence-electron chi connectivity index (χ2n) is 5.58. The summed E-state index contributed by atoms with van der Waals surface area (Å²) in [5, 5.41) is 3.08. The number of rotatable bonds is 5. The van der Waals surface area contributed by atoms with Gasteiger partial charge in [-0.1, -0.05) is 19.3 Å². The minimum absolute atomic E-state index is 0.159. The van der Waals surface area contributed by atoms with E-state index in [9.17, 15) is 4.79 Å². The average molecular weight is 246 g/mol. The summed E-state index contributed by atoms with van der Waals surface area (Å²) in [4.78, 5) is 11.8. The van der Waals surface area contributed by atoms with E-state index in [0.717, 1.165) is 6.42 Å². The summed E-state index contributed by atoms with van der Waals surface area (Å²) in [5.74, 6) is 1.40. The first-order valence-electron chi connectivity index (χ1n) is 6.40. The van der Waals surface area contributed by atoms with Gasteiger partial charge in [0.05, 0.1) is 0 Å². The highest BCUT2D eigenvalue weighted by atomic mass is 35.5. The molecule has 0 unspecified atom stereocenters. The van der Waals surface area contributed by atoms with Crippen LogP contribution < -0.4 is 5.32 Å². The van der Waals surface area contributed by atoms with E-state index in [-0.39, 0.29) is 11.4 Å². The molecule has 0 aromatic rings. The Bertz CT molecular complexity index is 222. The molecule has 1 rings (SSSR count). The third-order valence-corrected chi connectivity index (χ3v) is 3.59. The zero-order chi connectivity index (χ0) is 12.0. The van der Waals surface area contributed by atoms with Crippen molar-refractivity contribution in [2.45, 2.75) is 64.3 Å². The highest BCUT2D eigenvalue weighted by Gasteiger charge is 2.22. The second kappa shape index (κ2) is 6.48. The molecule has 0 atom stereocenters. The number of halogens is 1. The molecule has 3 heteroatoms. The van der Waals surface area contributed by atoms with E-state index in [1.165, 1.54) is 32.1 Å². The Morgan fingerprint density at radius 3 is 2.50 bits per heavy atom. The standard InChI is InChI=1S/C13H24ClNO/c1-13(2,8-9-14)15-12(16)10-11-6-4-3-5-7-11/h11H,3-10H2,1-2H3,(H,15,16). The van der Waals surface area contributed by atoms with Crippen molar-refractivity contribution >= 4 is 17.5 Å². The molecule has 1 fully saturated rings. The Balaban J connectivity index is 2.28. The lowest BCUT2D eigenvalue weighted by Crippen LogP contribution is -2.44. The van der Waals surface area contributed by atoms with Crippen LogP contribution in [0.1, 0.15) is 58.8 Å². The van der Waals surface area contributed by atoms with E-state index < -0.39 is 0 Å². The summed E-state index contributed by atoms with van der Waals surface area (Å²) in [6.07, 6.45) is 7.91. The lowest BCUT2D eigenvalue weighted by molar-refractivity contribution is -0.123. The Labute approximate surface area is 104 Å².